The number of carbonyl (C=O) groups is 1. The maximum absolute atomic E-state index is 12.2. The van der Waals surface area contributed by atoms with Gasteiger partial charge in [-0.3, -0.25) is 15.6 Å². The zero-order valence-electron chi connectivity index (χ0n) is 15.4. The summed E-state index contributed by atoms with van der Waals surface area (Å²) in [7, 11) is 0. The van der Waals surface area contributed by atoms with Crippen molar-refractivity contribution >= 4 is 34.0 Å². The van der Waals surface area contributed by atoms with Gasteiger partial charge in [0, 0.05) is 6.04 Å². The quantitative estimate of drug-likeness (QED) is 0.570. The molecule has 3 atom stereocenters. The van der Waals surface area contributed by atoms with E-state index >= 15 is 0 Å². The zero-order chi connectivity index (χ0) is 18.5. The molecular weight excluding hydrogens is 342 g/mol. The number of fused-ring (bicyclic) bond motifs is 1. The summed E-state index contributed by atoms with van der Waals surface area (Å²) in [6.07, 6.45) is 3.94. The first kappa shape index (κ1) is 18.6. The second-order valence-corrected chi connectivity index (χ2v) is 7.79. The summed E-state index contributed by atoms with van der Waals surface area (Å²) in [4.78, 5) is 12.2. The Labute approximate surface area is 160 Å². The largest absolute Gasteiger partial charge is 0.358 e. The van der Waals surface area contributed by atoms with E-state index in [2.05, 4.69) is 48.2 Å². The first-order valence-electron chi connectivity index (χ1n) is 9.36. The Kier molecular flexibility index (Phi) is 6.09. The first-order chi connectivity index (χ1) is 12.5. The summed E-state index contributed by atoms with van der Waals surface area (Å²) in [5.74, 6) is 1.18. The fourth-order valence-corrected chi connectivity index (χ4v) is 3.90. The van der Waals surface area contributed by atoms with Crippen LogP contribution in [0.3, 0.4) is 0 Å². The molecule has 4 nitrogen and oxygen atoms in total. The topological polar surface area (TPSA) is 53.2 Å². The van der Waals surface area contributed by atoms with Crippen molar-refractivity contribution in [1.29, 1.82) is 0 Å². The molecule has 0 unspecified atom stereocenters. The van der Waals surface area contributed by atoms with Crippen LogP contribution >= 0.6 is 12.2 Å². The van der Waals surface area contributed by atoms with E-state index in [1.165, 1.54) is 18.2 Å². The van der Waals surface area contributed by atoms with Crippen LogP contribution in [0.5, 0.6) is 0 Å². The predicted molar refractivity (Wildman–Crippen MR) is 111 cm³/mol. The van der Waals surface area contributed by atoms with Crippen LogP contribution in [0.25, 0.3) is 10.8 Å². The van der Waals surface area contributed by atoms with Crippen molar-refractivity contribution in [3.63, 3.8) is 0 Å². The van der Waals surface area contributed by atoms with Gasteiger partial charge in [0.15, 0.2) is 5.11 Å². The number of hydrogen-bond donors (Lipinski definition) is 3. The highest BCUT2D eigenvalue weighted by molar-refractivity contribution is 7.80. The summed E-state index contributed by atoms with van der Waals surface area (Å²) in [6.45, 7) is 4.56. The van der Waals surface area contributed by atoms with Gasteiger partial charge in [0.05, 0.1) is 6.42 Å². The molecule has 0 spiro atoms. The van der Waals surface area contributed by atoms with E-state index in [9.17, 15) is 4.79 Å². The molecule has 0 aromatic heterocycles. The summed E-state index contributed by atoms with van der Waals surface area (Å²) >= 11 is 5.34. The Morgan fingerprint density at radius 3 is 2.65 bits per heavy atom. The Balaban J connectivity index is 1.47. The molecular formula is C21H27N3OS. The van der Waals surface area contributed by atoms with Gasteiger partial charge in [-0.2, -0.15) is 0 Å². The third-order valence-corrected chi connectivity index (χ3v) is 5.74. The second-order valence-electron chi connectivity index (χ2n) is 7.38. The van der Waals surface area contributed by atoms with Crippen LogP contribution in [-0.2, 0) is 11.2 Å². The van der Waals surface area contributed by atoms with Gasteiger partial charge in [0.2, 0.25) is 5.91 Å². The number of amides is 1. The van der Waals surface area contributed by atoms with E-state index in [0.717, 1.165) is 17.4 Å². The molecule has 2 aromatic rings. The van der Waals surface area contributed by atoms with Crippen LogP contribution in [0, 0.1) is 11.8 Å². The fraction of sp³-hybridized carbons (Fsp3) is 0.429. The Morgan fingerprint density at radius 1 is 1.08 bits per heavy atom. The molecule has 0 saturated heterocycles. The molecule has 0 heterocycles. The first-order valence-corrected chi connectivity index (χ1v) is 9.77. The Hall–Kier alpha value is -2.14. The SMILES string of the molecule is C[C@@H]1[C@H](C)CCC[C@@H]1NC(=S)NNC(=O)Cc1ccc2ccccc2c1. The number of carbonyl (C=O) groups excluding carboxylic acids is 1. The lowest BCUT2D eigenvalue weighted by Crippen LogP contribution is -2.52. The molecule has 5 heteroatoms. The molecule has 0 bridgehead atoms. The number of benzene rings is 2. The van der Waals surface area contributed by atoms with Crippen molar-refractivity contribution in [2.45, 2.75) is 45.6 Å². The third-order valence-electron chi connectivity index (χ3n) is 5.52. The lowest BCUT2D eigenvalue weighted by molar-refractivity contribution is -0.121. The zero-order valence-corrected chi connectivity index (χ0v) is 16.2. The minimum absolute atomic E-state index is 0.102. The van der Waals surface area contributed by atoms with Gasteiger partial charge in [0.1, 0.15) is 0 Å². The minimum atomic E-state index is -0.102. The molecule has 1 aliphatic carbocycles. The second kappa shape index (κ2) is 8.49. The third kappa shape index (κ3) is 4.73. The van der Waals surface area contributed by atoms with Gasteiger partial charge >= 0.3 is 0 Å². The van der Waals surface area contributed by atoms with Crippen LogP contribution in [0.1, 0.15) is 38.7 Å². The molecule has 3 N–H and O–H groups in total. The fourth-order valence-electron chi connectivity index (χ4n) is 3.69. The number of hydrazine groups is 1. The summed E-state index contributed by atoms with van der Waals surface area (Å²) in [5, 5.41) is 6.16. The highest BCUT2D eigenvalue weighted by Gasteiger charge is 2.27. The van der Waals surface area contributed by atoms with Gasteiger partial charge in [-0.25, -0.2) is 0 Å². The molecule has 138 valence electrons. The molecule has 3 rings (SSSR count). The molecule has 1 aliphatic rings. The summed E-state index contributed by atoms with van der Waals surface area (Å²) in [6, 6.07) is 14.6. The van der Waals surface area contributed by atoms with Crippen LogP contribution in [0.2, 0.25) is 0 Å². The van der Waals surface area contributed by atoms with E-state index < -0.39 is 0 Å². The van der Waals surface area contributed by atoms with E-state index in [0.29, 0.717) is 29.4 Å². The van der Waals surface area contributed by atoms with Gasteiger partial charge in [-0.05, 0) is 46.8 Å². The average Bonchev–Trinajstić information content (AvgIpc) is 2.64. The molecule has 1 saturated carbocycles. The van der Waals surface area contributed by atoms with Gasteiger partial charge in [-0.15, -0.1) is 0 Å². The number of hydrogen-bond acceptors (Lipinski definition) is 2. The summed E-state index contributed by atoms with van der Waals surface area (Å²) < 4.78 is 0. The van der Waals surface area contributed by atoms with Gasteiger partial charge < -0.3 is 5.32 Å². The monoisotopic (exact) mass is 369 g/mol. The van der Waals surface area contributed by atoms with Crippen LogP contribution in [-0.4, -0.2) is 17.1 Å². The predicted octanol–water partition coefficient (Wildman–Crippen LogP) is 3.70. The van der Waals surface area contributed by atoms with Crippen molar-refractivity contribution in [2.24, 2.45) is 11.8 Å². The lowest BCUT2D eigenvalue weighted by Gasteiger charge is -2.35. The maximum atomic E-state index is 12.2. The Bertz CT molecular complexity index is 792. The molecule has 2 aromatic carbocycles. The van der Waals surface area contributed by atoms with Crippen LogP contribution < -0.4 is 16.2 Å². The highest BCUT2D eigenvalue weighted by Crippen LogP contribution is 2.29. The van der Waals surface area contributed by atoms with Crippen molar-refractivity contribution in [1.82, 2.24) is 16.2 Å². The smallest absolute Gasteiger partial charge is 0.242 e. The van der Waals surface area contributed by atoms with E-state index in [-0.39, 0.29) is 5.91 Å². The molecule has 1 amide bonds. The normalized spacial score (nSPS) is 22.6. The van der Waals surface area contributed by atoms with Crippen LogP contribution in [0.4, 0.5) is 0 Å². The van der Waals surface area contributed by atoms with Crippen molar-refractivity contribution in [2.75, 3.05) is 0 Å². The molecule has 1 fully saturated rings. The number of nitrogens with one attached hydrogen (secondary N) is 3. The highest BCUT2D eigenvalue weighted by atomic mass is 32.1. The van der Waals surface area contributed by atoms with Gasteiger partial charge in [-0.1, -0.05) is 69.2 Å². The minimum Gasteiger partial charge on any atom is -0.358 e. The van der Waals surface area contributed by atoms with Crippen molar-refractivity contribution in [3.8, 4) is 0 Å². The maximum Gasteiger partial charge on any atom is 0.242 e. The van der Waals surface area contributed by atoms with Crippen molar-refractivity contribution < 1.29 is 4.79 Å². The standard InChI is InChI=1S/C21H27N3OS/c1-14-6-5-9-19(15(14)2)22-21(26)24-23-20(25)13-16-10-11-17-7-3-4-8-18(17)12-16/h3-4,7-8,10-12,14-15,19H,5-6,9,13H2,1-2H3,(H,23,25)(H2,22,24,26)/t14-,15-,19+/m1/s1. The molecule has 0 radical (unpaired) electrons. The van der Waals surface area contributed by atoms with Crippen molar-refractivity contribution in [3.05, 3.63) is 48.0 Å². The molecule has 26 heavy (non-hydrogen) atoms. The van der Waals surface area contributed by atoms with Crippen LogP contribution in [0.15, 0.2) is 42.5 Å². The molecule has 0 aliphatic heterocycles. The number of rotatable bonds is 3. The van der Waals surface area contributed by atoms with E-state index in [1.807, 2.05) is 24.3 Å². The Morgan fingerprint density at radius 2 is 1.85 bits per heavy atom. The van der Waals surface area contributed by atoms with E-state index in [1.54, 1.807) is 0 Å². The summed E-state index contributed by atoms with van der Waals surface area (Å²) in [5.41, 5.74) is 6.53. The van der Waals surface area contributed by atoms with E-state index in [4.69, 9.17) is 12.2 Å². The average molecular weight is 370 g/mol. The number of thiocarbonyl (C=S) groups is 1. The lowest BCUT2D eigenvalue weighted by atomic mass is 9.78. The van der Waals surface area contributed by atoms with Gasteiger partial charge in [0.25, 0.3) is 0 Å².